The number of carbonyl (C=O) groups excluding carboxylic acids is 2. The second-order valence-electron chi connectivity index (χ2n) is 8.17. The van der Waals surface area contributed by atoms with Gasteiger partial charge in [-0.3, -0.25) is 9.59 Å². The molecular weight excluding hydrogens is 326 g/mol. The lowest BCUT2D eigenvalue weighted by Gasteiger charge is -2.35. The Morgan fingerprint density at radius 3 is 2.50 bits per heavy atom. The summed E-state index contributed by atoms with van der Waals surface area (Å²) < 4.78 is 0. The van der Waals surface area contributed by atoms with Gasteiger partial charge in [0.25, 0.3) is 5.91 Å². The summed E-state index contributed by atoms with van der Waals surface area (Å²) in [5, 5.41) is 3.64. The lowest BCUT2D eigenvalue weighted by molar-refractivity contribution is -0.137. The van der Waals surface area contributed by atoms with E-state index < -0.39 is 0 Å². The lowest BCUT2D eigenvalue weighted by Crippen LogP contribution is -2.48. The lowest BCUT2D eigenvalue weighted by atomic mass is 9.95. The first-order valence-electron chi connectivity index (χ1n) is 10.0. The first-order valence-corrected chi connectivity index (χ1v) is 10.0. The van der Waals surface area contributed by atoms with E-state index in [2.05, 4.69) is 10.2 Å². The molecule has 4 rings (SSSR count). The monoisotopic (exact) mass is 355 g/mol. The van der Waals surface area contributed by atoms with E-state index in [1.807, 2.05) is 36.1 Å². The van der Waals surface area contributed by atoms with E-state index in [9.17, 15) is 9.59 Å². The van der Waals surface area contributed by atoms with Crippen molar-refractivity contribution in [1.82, 2.24) is 15.1 Å². The molecule has 3 saturated heterocycles. The molecule has 1 aromatic rings. The minimum absolute atomic E-state index is 0.0465. The molecule has 0 saturated carbocycles. The molecule has 1 N–H and O–H groups in total. The highest BCUT2D eigenvalue weighted by Crippen LogP contribution is 2.25. The summed E-state index contributed by atoms with van der Waals surface area (Å²) in [6, 6.07) is 8.77. The number of nitrogens with zero attached hydrogens (tertiary/aromatic N) is 2. The average Bonchev–Trinajstić information content (AvgIpc) is 3.00. The van der Waals surface area contributed by atoms with Gasteiger partial charge in [0, 0.05) is 43.8 Å². The van der Waals surface area contributed by atoms with Gasteiger partial charge in [-0.2, -0.15) is 0 Å². The molecule has 140 valence electrons. The van der Waals surface area contributed by atoms with Crippen LogP contribution in [0.1, 0.15) is 48.0 Å². The highest BCUT2D eigenvalue weighted by atomic mass is 16.2. The quantitative estimate of drug-likeness (QED) is 0.885. The second kappa shape index (κ2) is 7.39. The van der Waals surface area contributed by atoms with Crippen LogP contribution < -0.4 is 5.32 Å². The molecule has 0 aromatic heterocycles. The summed E-state index contributed by atoms with van der Waals surface area (Å²) in [7, 11) is 0. The van der Waals surface area contributed by atoms with Crippen LogP contribution in [0.2, 0.25) is 0 Å². The van der Waals surface area contributed by atoms with E-state index in [1.54, 1.807) is 0 Å². The minimum Gasteiger partial charge on any atom is -0.341 e. The van der Waals surface area contributed by atoms with Crippen molar-refractivity contribution >= 4 is 11.8 Å². The van der Waals surface area contributed by atoms with Crippen molar-refractivity contribution in [3.05, 3.63) is 35.4 Å². The number of nitrogens with one attached hydrogen (secondary N) is 1. The topological polar surface area (TPSA) is 52.7 Å². The summed E-state index contributed by atoms with van der Waals surface area (Å²) in [5.74, 6) is 0.259. The molecule has 5 nitrogen and oxygen atoms in total. The number of carbonyl (C=O) groups is 2. The number of hydrogen-bond acceptors (Lipinski definition) is 3. The third-order valence-electron chi connectivity index (χ3n) is 6.19. The van der Waals surface area contributed by atoms with Crippen LogP contribution in [0.4, 0.5) is 0 Å². The Hall–Kier alpha value is -1.88. The number of likely N-dealkylation sites (tertiary alicyclic amines) is 2. The molecule has 0 spiro atoms. The molecule has 3 aliphatic heterocycles. The van der Waals surface area contributed by atoms with Gasteiger partial charge in [0.2, 0.25) is 5.91 Å². The van der Waals surface area contributed by atoms with Crippen molar-refractivity contribution < 1.29 is 9.59 Å². The molecule has 2 bridgehead atoms. The Bertz CT molecular complexity index is 672. The van der Waals surface area contributed by atoms with Crippen molar-refractivity contribution in [3.8, 4) is 0 Å². The molecule has 2 amide bonds. The SMILES string of the molecule is Cc1ccc(C(=O)N2CCCC(C(=O)N3CCC4CCC(C3)N4)C2)cc1. The summed E-state index contributed by atoms with van der Waals surface area (Å²) in [4.78, 5) is 29.8. The van der Waals surface area contributed by atoms with Crippen LogP contribution in [0.3, 0.4) is 0 Å². The second-order valence-corrected chi connectivity index (χ2v) is 8.17. The zero-order valence-electron chi connectivity index (χ0n) is 15.6. The third-order valence-corrected chi connectivity index (χ3v) is 6.19. The van der Waals surface area contributed by atoms with Crippen LogP contribution in [0, 0.1) is 12.8 Å². The molecule has 1 aromatic carbocycles. The van der Waals surface area contributed by atoms with Gasteiger partial charge >= 0.3 is 0 Å². The highest BCUT2D eigenvalue weighted by molar-refractivity contribution is 5.94. The third kappa shape index (κ3) is 3.63. The summed E-state index contributed by atoms with van der Waals surface area (Å²) in [6.07, 6.45) is 5.29. The Morgan fingerprint density at radius 2 is 1.69 bits per heavy atom. The minimum atomic E-state index is -0.0465. The van der Waals surface area contributed by atoms with E-state index in [1.165, 1.54) is 12.8 Å². The van der Waals surface area contributed by atoms with E-state index in [-0.39, 0.29) is 17.7 Å². The van der Waals surface area contributed by atoms with Gasteiger partial charge in [0.1, 0.15) is 0 Å². The van der Waals surface area contributed by atoms with Crippen LogP contribution in [0.25, 0.3) is 0 Å². The largest absolute Gasteiger partial charge is 0.341 e. The van der Waals surface area contributed by atoms with Gasteiger partial charge in [-0.1, -0.05) is 17.7 Å². The molecule has 3 aliphatic rings. The van der Waals surface area contributed by atoms with E-state index in [0.29, 0.717) is 18.6 Å². The van der Waals surface area contributed by atoms with E-state index in [0.717, 1.165) is 50.0 Å². The fourth-order valence-corrected chi connectivity index (χ4v) is 4.64. The van der Waals surface area contributed by atoms with Crippen molar-refractivity contribution in [1.29, 1.82) is 0 Å². The summed E-state index contributed by atoms with van der Waals surface area (Å²) in [5.41, 5.74) is 1.87. The Kier molecular flexibility index (Phi) is 4.98. The number of rotatable bonds is 2. The van der Waals surface area contributed by atoms with Gasteiger partial charge in [0.05, 0.1) is 5.92 Å². The number of aryl methyl sites for hydroxylation is 1. The number of hydrogen-bond donors (Lipinski definition) is 1. The normalized spacial score (nSPS) is 28.7. The maximum atomic E-state index is 13.1. The first-order chi connectivity index (χ1) is 12.6. The predicted molar refractivity (Wildman–Crippen MR) is 101 cm³/mol. The van der Waals surface area contributed by atoms with Gasteiger partial charge in [-0.25, -0.2) is 0 Å². The average molecular weight is 355 g/mol. The van der Waals surface area contributed by atoms with E-state index in [4.69, 9.17) is 0 Å². The number of fused-ring (bicyclic) bond motifs is 2. The van der Waals surface area contributed by atoms with Crippen molar-refractivity contribution in [3.63, 3.8) is 0 Å². The number of benzene rings is 1. The van der Waals surface area contributed by atoms with Gasteiger partial charge in [-0.05, 0) is 51.2 Å². The molecular formula is C21H29N3O2. The molecule has 3 heterocycles. The van der Waals surface area contributed by atoms with Crippen LogP contribution in [-0.2, 0) is 4.79 Å². The molecule has 3 fully saturated rings. The summed E-state index contributed by atoms with van der Waals surface area (Å²) in [6.45, 7) is 5.02. The molecule has 26 heavy (non-hydrogen) atoms. The van der Waals surface area contributed by atoms with Gasteiger partial charge < -0.3 is 15.1 Å². The van der Waals surface area contributed by atoms with E-state index >= 15 is 0 Å². The Labute approximate surface area is 155 Å². The maximum Gasteiger partial charge on any atom is 0.253 e. The fraction of sp³-hybridized carbons (Fsp3) is 0.619. The highest BCUT2D eigenvalue weighted by Gasteiger charge is 2.35. The molecule has 0 aliphatic carbocycles. The van der Waals surface area contributed by atoms with Gasteiger partial charge in [0.15, 0.2) is 0 Å². The van der Waals surface area contributed by atoms with Crippen LogP contribution >= 0.6 is 0 Å². The smallest absolute Gasteiger partial charge is 0.253 e. The van der Waals surface area contributed by atoms with Crippen molar-refractivity contribution in [2.24, 2.45) is 5.92 Å². The predicted octanol–water partition coefficient (Wildman–Crippen LogP) is 2.20. The summed E-state index contributed by atoms with van der Waals surface area (Å²) >= 11 is 0. The molecule has 3 atom stereocenters. The van der Waals surface area contributed by atoms with Crippen molar-refractivity contribution in [2.75, 3.05) is 26.2 Å². The maximum absolute atomic E-state index is 13.1. The molecule has 5 heteroatoms. The zero-order chi connectivity index (χ0) is 18.1. The Balaban J connectivity index is 1.40. The standard InChI is InChI=1S/C21H29N3O2/c1-15-4-6-16(7-5-15)20(25)23-11-2-3-17(13-23)21(26)24-12-10-18-8-9-19(14-24)22-18/h4-7,17-19,22H,2-3,8-14H2,1H3. The van der Waals surface area contributed by atoms with Gasteiger partial charge in [-0.15, -0.1) is 0 Å². The zero-order valence-corrected chi connectivity index (χ0v) is 15.6. The van der Waals surface area contributed by atoms with Crippen LogP contribution in [0.15, 0.2) is 24.3 Å². The number of amides is 2. The number of piperidine rings is 1. The van der Waals surface area contributed by atoms with Crippen LogP contribution in [-0.4, -0.2) is 59.9 Å². The first kappa shape index (κ1) is 17.5. The molecule has 3 unspecified atom stereocenters. The van der Waals surface area contributed by atoms with Crippen LogP contribution in [0.5, 0.6) is 0 Å². The Morgan fingerprint density at radius 1 is 0.923 bits per heavy atom. The molecule has 0 radical (unpaired) electrons. The van der Waals surface area contributed by atoms with Crippen molar-refractivity contribution in [2.45, 2.75) is 51.1 Å². The fourth-order valence-electron chi connectivity index (χ4n) is 4.64.